The van der Waals surface area contributed by atoms with Gasteiger partial charge in [-0.05, 0) is 94.8 Å². The molecule has 4 heterocycles. The lowest BCUT2D eigenvalue weighted by Gasteiger charge is -2.49. The minimum Gasteiger partial charge on any atom is -0.618 e. The number of nitrogens with zero attached hydrogens (tertiary/aromatic N) is 5. The number of barbiturate groups is 1. The van der Waals surface area contributed by atoms with Crippen LogP contribution in [0.2, 0.25) is 0 Å². The number of oxime groups is 1. The van der Waals surface area contributed by atoms with Crippen molar-refractivity contribution in [3.8, 4) is 0 Å². The summed E-state index contributed by atoms with van der Waals surface area (Å²) in [5.41, 5.74) is 5.15. The highest BCUT2D eigenvalue weighted by Gasteiger charge is 2.40. The fourth-order valence-electron chi connectivity index (χ4n) is 7.26. The first-order chi connectivity index (χ1) is 25.4. The molecule has 0 unspecified atom stereocenters. The predicted octanol–water partition coefficient (Wildman–Crippen LogP) is 5.54. The molecule has 3 aromatic rings. The van der Waals surface area contributed by atoms with Gasteiger partial charge in [0.15, 0.2) is 6.20 Å². The predicted molar refractivity (Wildman–Crippen MR) is 205 cm³/mol. The summed E-state index contributed by atoms with van der Waals surface area (Å²) in [7, 11) is 0. The molecule has 282 valence electrons. The van der Waals surface area contributed by atoms with Crippen molar-refractivity contribution in [1.29, 1.82) is 0 Å². The number of hydrogen-bond acceptors (Lipinski definition) is 8. The van der Waals surface area contributed by atoms with Crippen LogP contribution in [0.5, 0.6) is 0 Å². The Balaban J connectivity index is 0.000000265. The first-order valence-corrected chi connectivity index (χ1v) is 19.1. The van der Waals surface area contributed by atoms with Crippen molar-refractivity contribution >= 4 is 45.4 Å². The molecular weight excluding hydrogens is 740 g/mol. The highest BCUT2D eigenvalue weighted by Crippen LogP contribution is 2.34. The molecule has 0 bridgehead atoms. The Morgan fingerprint density at radius 2 is 1.66 bits per heavy atom. The number of aromatic nitrogens is 1. The number of carbonyl (C=O) groups is 4. The van der Waals surface area contributed by atoms with E-state index < -0.39 is 17.8 Å². The second-order valence-electron chi connectivity index (χ2n) is 14.0. The SMILES string of the molecule is CCO/N=C(/c1ccc(Br)cc1)C1CCN(C2(C)CCN(C(=O)c3c(C)cc[n+]([O-])c3C)CC2)CC1.O=C1CC(=O)N(CCc2ccccc2)C(=O)N1. The van der Waals surface area contributed by atoms with Gasteiger partial charge in [0.1, 0.15) is 18.6 Å². The Morgan fingerprint density at radius 3 is 2.28 bits per heavy atom. The van der Waals surface area contributed by atoms with Crippen LogP contribution in [0.3, 0.4) is 0 Å². The molecule has 0 atom stereocenters. The molecule has 2 aromatic carbocycles. The Labute approximate surface area is 319 Å². The number of likely N-dealkylation sites (tertiary alicyclic amines) is 2. The molecule has 12 nitrogen and oxygen atoms in total. The van der Waals surface area contributed by atoms with Crippen molar-refractivity contribution < 1.29 is 28.7 Å². The van der Waals surface area contributed by atoms with E-state index in [0.717, 1.165) is 75.3 Å². The summed E-state index contributed by atoms with van der Waals surface area (Å²) in [6.45, 7) is 12.2. The molecule has 0 spiro atoms. The van der Waals surface area contributed by atoms with Gasteiger partial charge in [-0.3, -0.25) is 29.5 Å². The van der Waals surface area contributed by atoms with E-state index in [1.807, 2.05) is 49.1 Å². The smallest absolute Gasteiger partial charge is 0.330 e. The van der Waals surface area contributed by atoms with Crippen LogP contribution >= 0.6 is 15.9 Å². The second kappa shape index (κ2) is 17.9. The average Bonchev–Trinajstić information content (AvgIpc) is 3.15. The van der Waals surface area contributed by atoms with E-state index in [0.29, 0.717) is 49.8 Å². The molecule has 3 aliphatic heterocycles. The maximum atomic E-state index is 13.3. The zero-order valence-electron chi connectivity index (χ0n) is 31.0. The minimum absolute atomic E-state index is 0.0257. The van der Waals surface area contributed by atoms with Gasteiger partial charge in [-0.1, -0.05) is 63.6 Å². The summed E-state index contributed by atoms with van der Waals surface area (Å²) in [6.07, 6.45) is 5.74. The molecule has 1 N–H and O–H groups in total. The Hall–Kier alpha value is -4.62. The fourth-order valence-corrected chi connectivity index (χ4v) is 7.52. The Bertz CT molecular complexity index is 1780. The third-order valence-electron chi connectivity index (χ3n) is 10.5. The van der Waals surface area contributed by atoms with Gasteiger partial charge in [-0.15, -0.1) is 0 Å². The Morgan fingerprint density at radius 1 is 1.00 bits per heavy atom. The summed E-state index contributed by atoms with van der Waals surface area (Å²) in [6, 6.07) is 19.0. The molecule has 13 heteroatoms. The Kier molecular flexibility index (Phi) is 13.4. The summed E-state index contributed by atoms with van der Waals surface area (Å²) in [4.78, 5) is 58.2. The number of hydrogen-bond donors (Lipinski definition) is 1. The van der Waals surface area contributed by atoms with Crippen molar-refractivity contribution in [2.45, 2.75) is 71.8 Å². The van der Waals surface area contributed by atoms with Gasteiger partial charge >= 0.3 is 6.03 Å². The number of aryl methyl sites for hydroxylation is 1. The zero-order chi connectivity index (χ0) is 38.1. The molecular formula is C40H49BrN6O6. The molecule has 1 aromatic heterocycles. The second-order valence-corrected chi connectivity index (χ2v) is 15.0. The maximum absolute atomic E-state index is 13.3. The van der Waals surface area contributed by atoms with Crippen LogP contribution < -0.4 is 10.0 Å². The molecule has 5 amide bonds. The standard InChI is InChI=1S/C28H37BrN4O3.C12H12N2O3/c1-5-36-30-26(22-6-8-24(29)9-7-22)23-11-15-32(16-12-23)28(4)13-18-31(19-14-28)27(34)25-20(2)10-17-33(35)21(25)3;15-10-8-11(16)14(12(17)13-10)7-6-9-4-2-1-3-5-9/h6-10,17,23H,5,11-16,18-19H2,1-4H3;1-5H,6-8H2,(H,13,15,17)/b30-26-;. The number of urea groups is 1. The number of piperidine rings is 2. The molecule has 0 aliphatic carbocycles. The average molecular weight is 790 g/mol. The van der Waals surface area contributed by atoms with Crippen molar-refractivity contribution in [2.75, 3.05) is 39.3 Å². The van der Waals surface area contributed by atoms with Crippen LogP contribution in [0.1, 0.15) is 78.7 Å². The van der Waals surface area contributed by atoms with E-state index in [-0.39, 0.29) is 17.9 Å². The zero-order valence-corrected chi connectivity index (χ0v) is 32.6. The van der Waals surface area contributed by atoms with Gasteiger partial charge in [0.25, 0.3) is 5.91 Å². The third kappa shape index (κ3) is 9.88. The highest BCUT2D eigenvalue weighted by atomic mass is 79.9. The van der Waals surface area contributed by atoms with Gasteiger partial charge in [0.05, 0.1) is 5.71 Å². The lowest BCUT2D eigenvalue weighted by atomic mass is 9.82. The number of rotatable bonds is 9. The van der Waals surface area contributed by atoms with E-state index in [4.69, 9.17) is 4.84 Å². The molecule has 3 aliphatic rings. The molecule has 3 fully saturated rings. The van der Waals surface area contributed by atoms with E-state index in [2.05, 4.69) is 62.5 Å². The number of pyridine rings is 1. The van der Waals surface area contributed by atoms with Crippen LogP contribution in [0.25, 0.3) is 0 Å². The van der Waals surface area contributed by atoms with Crippen molar-refractivity contribution in [1.82, 2.24) is 20.0 Å². The van der Waals surface area contributed by atoms with Gasteiger partial charge in [0, 0.05) is 48.6 Å². The summed E-state index contributed by atoms with van der Waals surface area (Å²) < 4.78 is 1.84. The van der Waals surface area contributed by atoms with E-state index in [9.17, 15) is 24.4 Å². The van der Waals surface area contributed by atoms with Crippen molar-refractivity contribution in [2.24, 2.45) is 11.1 Å². The number of benzene rings is 2. The minimum atomic E-state index is -0.623. The first kappa shape index (κ1) is 39.6. The van der Waals surface area contributed by atoms with Gasteiger partial charge in [-0.25, -0.2) is 4.79 Å². The van der Waals surface area contributed by atoms with E-state index >= 15 is 0 Å². The number of carbonyl (C=O) groups excluding carboxylic acids is 4. The summed E-state index contributed by atoms with van der Waals surface area (Å²) in [5.74, 6) is -0.630. The van der Waals surface area contributed by atoms with E-state index in [1.54, 1.807) is 13.0 Å². The first-order valence-electron chi connectivity index (χ1n) is 18.3. The van der Waals surface area contributed by atoms with Gasteiger partial charge in [0.2, 0.25) is 17.5 Å². The lowest BCUT2D eigenvalue weighted by molar-refractivity contribution is -0.612. The number of amides is 5. The monoisotopic (exact) mass is 788 g/mol. The quantitative estimate of drug-likeness (QED) is 0.0988. The molecule has 3 saturated heterocycles. The molecule has 6 rings (SSSR count). The molecule has 0 saturated carbocycles. The lowest BCUT2D eigenvalue weighted by Crippen LogP contribution is -2.57. The summed E-state index contributed by atoms with van der Waals surface area (Å²) in [5, 5.41) is 18.7. The van der Waals surface area contributed by atoms with Crippen molar-refractivity contribution in [3.05, 3.63) is 104 Å². The van der Waals surface area contributed by atoms with Gasteiger partial charge in [-0.2, -0.15) is 4.73 Å². The van der Waals surface area contributed by atoms with Crippen LogP contribution in [0.15, 0.2) is 76.5 Å². The molecule has 53 heavy (non-hydrogen) atoms. The normalized spacial score (nSPS) is 18.3. The number of imide groups is 2. The van der Waals surface area contributed by atoms with Crippen LogP contribution in [0.4, 0.5) is 4.79 Å². The number of nitrogens with one attached hydrogen (secondary N) is 1. The van der Waals surface area contributed by atoms with Gasteiger partial charge < -0.3 is 14.9 Å². The van der Waals surface area contributed by atoms with Crippen LogP contribution in [0, 0.1) is 25.0 Å². The topological polar surface area (TPSA) is 139 Å². The van der Waals surface area contributed by atoms with E-state index in [1.165, 1.54) is 6.20 Å². The van der Waals surface area contributed by atoms with Crippen LogP contribution in [-0.4, -0.2) is 89.0 Å². The number of halogens is 1. The third-order valence-corrected chi connectivity index (χ3v) is 11.1. The molecule has 0 radical (unpaired) electrons. The summed E-state index contributed by atoms with van der Waals surface area (Å²) >= 11 is 3.52. The van der Waals surface area contributed by atoms with Crippen molar-refractivity contribution in [3.63, 3.8) is 0 Å². The maximum Gasteiger partial charge on any atom is 0.330 e. The van der Waals surface area contributed by atoms with Crippen LogP contribution in [-0.2, 0) is 20.8 Å². The largest absolute Gasteiger partial charge is 0.618 e. The highest BCUT2D eigenvalue weighted by molar-refractivity contribution is 9.10. The fraction of sp³-hybridized carbons (Fsp3) is 0.450.